The summed E-state index contributed by atoms with van der Waals surface area (Å²) < 4.78 is 37.7. The van der Waals surface area contributed by atoms with Gasteiger partial charge >= 0.3 is 6.18 Å². The van der Waals surface area contributed by atoms with E-state index in [1.807, 2.05) is 0 Å². The van der Waals surface area contributed by atoms with E-state index in [9.17, 15) is 18.0 Å². The Balaban J connectivity index is 2.09. The summed E-state index contributed by atoms with van der Waals surface area (Å²) in [6, 6.07) is 0.862. The van der Waals surface area contributed by atoms with E-state index in [4.69, 9.17) is 17.3 Å². The molecule has 9 heteroatoms. The highest BCUT2D eigenvalue weighted by Gasteiger charge is 2.32. The van der Waals surface area contributed by atoms with E-state index in [-0.39, 0.29) is 17.5 Å². The lowest BCUT2D eigenvalue weighted by Gasteiger charge is -2.35. The number of hydrogen-bond acceptors (Lipinski definition) is 4. The molecular formula is C12H14ClF3N4O. The molecule has 0 radical (unpaired) electrons. The van der Waals surface area contributed by atoms with Crippen LogP contribution in [0.15, 0.2) is 12.3 Å². The van der Waals surface area contributed by atoms with Crippen LogP contribution in [0.1, 0.15) is 5.56 Å². The van der Waals surface area contributed by atoms with Crippen molar-refractivity contribution in [2.45, 2.75) is 6.18 Å². The van der Waals surface area contributed by atoms with Crippen LogP contribution in [0, 0.1) is 0 Å². The van der Waals surface area contributed by atoms with Gasteiger partial charge in [-0.3, -0.25) is 4.79 Å². The molecule has 0 unspecified atom stereocenters. The van der Waals surface area contributed by atoms with Crippen LogP contribution in [0.2, 0.25) is 5.02 Å². The minimum Gasteiger partial charge on any atom is -0.352 e. The van der Waals surface area contributed by atoms with Crippen molar-refractivity contribution < 1.29 is 18.0 Å². The van der Waals surface area contributed by atoms with Gasteiger partial charge in [0.15, 0.2) is 0 Å². The highest BCUT2D eigenvalue weighted by Crippen LogP contribution is 2.33. The number of aromatic nitrogens is 1. The smallest absolute Gasteiger partial charge is 0.352 e. The van der Waals surface area contributed by atoms with Gasteiger partial charge in [-0.15, -0.1) is 0 Å². The minimum absolute atomic E-state index is 0.0524. The van der Waals surface area contributed by atoms with E-state index < -0.39 is 11.7 Å². The maximum absolute atomic E-state index is 12.6. The van der Waals surface area contributed by atoms with Gasteiger partial charge in [-0.2, -0.15) is 13.2 Å². The Labute approximate surface area is 124 Å². The van der Waals surface area contributed by atoms with Crippen LogP contribution < -0.4 is 10.6 Å². The molecule has 0 atom stereocenters. The van der Waals surface area contributed by atoms with Gasteiger partial charge in [0.1, 0.15) is 5.82 Å². The number of nitrogens with two attached hydrogens (primary N) is 1. The molecule has 116 valence electrons. The number of carbonyl (C=O) groups is 1. The van der Waals surface area contributed by atoms with Gasteiger partial charge in [-0.25, -0.2) is 4.98 Å². The van der Waals surface area contributed by atoms with E-state index in [0.29, 0.717) is 32.0 Å². The fourth-order valence-corrected chi connectivity index (χ4v) is 2.40. The summed E-state index contributed by atoms with van der Waals surface area (Å²) in [4.78, 5) is 18.6. The fraction of sp³-hybridized carbons (Fsp3) is 0.500. The zero-order chi connectivity index (χ0) is 15.6. The van der Waals surface area contributed by atoms with Gasteiger partial charge in [0.05, 0.1) is 17.1 Å². The zero-order valence-corrected chi connectivity index (χ0v) is 11.8. The predicted molar refractivity (Wildman–Crippen MR) is 72.1 cm³/mol. The summed E-state index contributed by atoms with van der Waals surface area (Å²) in [6.45, 7) is 1.72. The Morgan fingerprint density at radius 1 is 1.33 bits per heavy atom. The zero-order valence-electron chi connectivity index (χ0n) is 11.0. The van der Waals surface area contributed by atoms with Gasteiger partial charge in [-0.05, 0) is 6.07 Å². The second-order valence-electron chi connectivity index (χ2n) is 4.60. The third-order valence-electron chi connectivity index (χ3n) is 3.26. The highest BCUT2D eigenvalue weighted by molar-refractivity contribution is 6.33. The molecule has 0 bridgehead atoms. The number of anilines is 1. The van der Waals surface area contributed by atoms with E-state index in [2.05, 4.69) is 4.98 Å². The maximum atomic E-state index is 12.6. The first-order valence-corrected chi connectivity index (χ1v) is 6.66. The number of hydrogen-bond donors (Lipinski definition) is 1. The lowest BCUT2D eigenvalue weighted by molar-refractivity contribution is -0.137. The summed E-state index contributed by atoms with van der Waals surface area (Å²) in [5.74, 6) is 0.144. The fourth-order valence-electron chi connectivity index (χ4n) is 2.12. The third kappa shape index (κ3) is 3.56. The van der Waals surface area contributed by atoms with Crippen LogP contribution in [0.5, 0.6) is 0 Å². The van der Waals surface area contributed by atoms with Crippen LogP contribution in [0.3, 0.4) is 0 Å². The van der Waals surface area contributed by atoms with E-state index >= 15 is 0 Å². The molecule has 2 N–H and O–H groups in total. The number of rotatable bonds is 2. The average Bonchev–Trinajstić information content (AvgIpc) is 2.45. The van der Waals surface area contributed by atoms with E-state index in [1.54, 1.807) is 9.80 Å². The predicted octanol–water partition coefficient (Wildman–Crippen LogP) is 1.36. The SMILES string of the molecule is NCC(=O)N1CCN(c2ncc(C(F)(F)F)cc2Cl)CC1. The molecule has 0 saturated carbocycles. The molecule has 1 aliphatic rings. The lowest BCUT2D eigenvalue weighted by Crippen LogP contribution is -2.50. The van der Waals surface area contributed by atoms with Crippen molar-refractivity contribution in [1.29, 1.82) is 0 Å². The quantitative estimate of drug-likeness (QED) is 0.893. The normalized spacial score (nSPS) is 16.2. The van der Waals surface area contributed by atoms with Gasteiger partial charge in [-0.1, -0.05) is 11.6 Å². The number of piperazine rings is 1. The van der Waals surface area contributed by atoms with Crippen molar-refractivity contribution >= 4 is 23.3 Å². The number of pyridine rings is 1. The Kier molecular flexibility index (Phi) is 4.58. The van der Waals surface area contributed by atoms with Crippen molar-refractivity contribution in [2.75, 3.05) is 37.6 Å². The number of halogens is 4. The number of alkyl halides is 3. The number of carbonyl (C=O) groups excluding carboxylic acids is 1. The van der Waals surface area contributed by atoms with Crippen molar-refractivity contribution in [3.63, 3.8) is 0 Å². The topological polar surface area (TPSA) is 62.5 Å². The van der Waals surface area contributed by atoms with Gasteiger partial charge < -0.3 is 15.5 Å². The Morgan fingerprint density at radius 3 is 2.43 bits per heavy atom. The second-order valence-corrected chi connectivity index (χ2v) is 5.01. The molecule has 21 heavy (non-hydrogen) atoms. The average molecular weight is 323 g/mol. The summed E-state index contributed by atoms with van der Waals surface area (Å²) in [6.07, 6.45) is -3.71. The highest BCUT2D eigenvalue weighted by atomic mass is 35.5. The standard InChI is InChI=1S/C12H14ClF3N4O/c13-9-5-8(12(14,15)16)7-18-11(9)20-3-1-19(2-4-20)10(21)6-17/h5,7H,1-4,6,17H2. The lowest BCUT2D eigenvalue weighted by atomic mass is 10.2. The van der Waals surface area contributed by atoms with Crippen LogP contribution in [0.4, 0.5) is 19.0 Å². The van der Waals surface area contributed by atoms with Crippen molar-refractivity contribution in [2.24, 2.45) is 5.73 Å². The first-order chi connectivity index (χ1) is 9.82. The van der Waals surface area contributed by atoms with Crippen LogP contribution in [-0.4, -0.2) is 48.5 Å². The molecule has 2 rings (SSSR count). The first kappa shape index (κ1) is 15.8. The summed E-state index contributed by atoms with van der Waals surface area (Å²) in [5, 5.41) is -0.0524. The van der Waals surface area contributed by atoms with Crippen molar-refractivity contribution in [1.82, 2.24) is 9.88 Å². The number of nitrogens with zero attached hydrogens (tertiary/aromatic N) is 3. The molecule has 0 aromatic carbocycles. The molecule has 5 nitrogen and oxygen atoms in total. The molecule has 1 saturated heterocycles. The molecular weight excluding hydrogens is 309 g/mol. The van der Waals surface area contributed by atoms with Gasteiger partial charge in [0.2, 0.25) is 5.91 Å². The second kappa shape index (κ2) is 6.07. The first-order valence-electron chi connectivity index (χ1n) is 6.28. The molecule has 1 aromatic rings. The summed E-state index contributed by atoms with van der Waals surface area (Å²) in [5.41, 5.74) is 4.40. The minimum atomic E-state index is -4.47. The summed E-state index contributed by atoms with van der Waals surface area (Å²) >= 11 is 5.89. The Hall–Kier alpha value is -1.54. The largest absolute Gasteiger partial charge is 0.417 e. The van der Waals surface area contributed by atoms with Crippen LogP contribution >= 0.6 is 11.6 Å². The maximum Gasteiger partial charge on any atom is 0.417 e. The van der Waals surface area contributed by atoms with Crippen molar-refractivity contribution in [3.05, 3.63) is 22.8 Å². The van der Waals surface area contributed by atoms with Crippen molar-refractivity contribution in [3.8, 4) is 0 Å². The number of amides is 1. The monoisotopic (exact) mass is 322 g/mol. The van der Waals surface area contributed by atoms with Crippen LogP contribution in [0.25, 0.3) is 0 Å². The van der Waals surface area contributed by atoms with Crippen LogP contribution in [-0.2, 0) is 11.0 Å². The molecule has 0 spiro atoms. The molecule has 1 fully saturated rings. The molecule has 2 heterocycles. The molecule has 1 amide bonds. The van der Waals surface area contributed by atoms with Gasteiger partial charge in [0, 0.05) is 32.4 Å². The Morgan fingerprint density at radius 2 is 1.95 bits per heavy atom. The van der Waals surface area contributed by atoms with Gasteiger partial charge in [0.25, 0.3) is 0 Å². The third-order valence-corrected chi connectivity index (χ3v) is 3.53. The molecule has 1 aliphatic heterocycles. The van der Waals surface area contributed by atoms with E-state index in [1.165, 1.54) is 0 Å². The molecule has 1 aromatic heterocycles. The van der Waals surface area contributed by atoms with E-state index in [0.717, 1.165) is 12.3 Å². The summed E-state index contributed by atoms with van der Waals surface area (Å²) in [7, 11) is 0. The molecule has 0 aliphatic carbocycles. The Bertz CT molecular complexity index is 530.